The van der Waals surface area contributed by atoms with Crippen molar-refractivity contribution < 1.29 is 19.1 Å². The van der Waals surface area contributed by atoms with Crippen molar-refractivity contribution in [3.8, 4) is 11.8 Å². The van der Waals surface area contributed by atoms with Crippen LogP contribution in [0.1, 0.15) is 44.3 Å². The van der Waals surface area contributed by atoms with Crippen molar-refractivity contribution in [2.45, 2.75) is 13.0 Å². The van der Waals surface area contributed by atoms with Gasteiger partial charge in [-0.1, -0.05) is 48.0 Å². The van der Waals surface area contributed by atoms with E-state index in [1.54, 1.807) is 48.5 Å². The molecule has 0 saturated heterocycles. The molecular weight excluding hydrogens is 416 g/mol. The summed E-state index contributed by atoms with van der Waals surface area (Å²) in [7, 11) is 0. The molecule has 1 aliphatic carbocycles. The van der Waals surface area contributed by atoms with Gasteiger partial charge in [0.2, 0.25) is 0 Å². The van der Waals surface area contributed by atoms with E-state index in [4.69, 9.17) is 21.6 Å². The summed E-state index contributed by atoms with van der Waals surface area (Å²) in [5.74, 6) is -0.856. The molecule has 0 spiro atoms. The van der Waals surface area contributed by atoms with Crippen LogP contribution in [-0.2, 0) is 4.79 Å². The van der Waals surface area contributed by atoms with E-state index in [0.717, 1.165) is 0 Å². The first-order valence-electron chi connectivity index (χ1n) is 9.39. The summed E-state index contributed by atoms with van der Waals surface area (Å²) in [4.78, 5) is 38.3. The van der Waals surface area contributed by atoms with Crippen molar-refractivity contribution in [1.29, 1.82) is 5.26 Å². The zero-order valence-electron chi connectivity index (χ0n) is 16.3. The number of fused-ring (bicyclic) bond motifs is 2. The van der Waals surface area contributed by atoms with Crippen LogP contribution in [-0.4, -0.2) is 23.6 Å². The SMILES string of the molecule is CC(Oc1ccccc1C#N)C(=O)Nc1cc2c(cc1Cl)C(=O)c1ccccc1C2=O. The number of nitriles is 1. The molecule has 0 fully saturated rings. The number of anilines is 1. The minimum absolute atomic E-state index is 0.122. The normalized spacial score (nSPS) is 12.9. The Morgan fingerprint density at radius 1 is 0.968 bits per heavy atom. The van der Waals surface area contributed by atoms with Crippen LogP contribution >= 0.6 is 11.6 Å². The Labute approximate surface area is 183 Å². The third kappa shape index (κ3) is 3.67. The number of ether oxygens (including phenoxy) is 1. The molecule has 1 N–H and O–H groups in total. The molecule has 0 aromatic heterocycles. The van der Waals surface area contributed by atoms with E-state index < -0.39 is 12.0 Å². The van der Waals surface area contributed by atoms with Gasteiger partial charge in [0.25, 0.3) is 5.91 Å². The minimum atomic E-state index is -0.945. The average Bonchev–Trinajstić information content (AvgIpc) is 2.78. The van der Waals surface area contributed by atoms with Crippen molar-refractivity contribution in [2.75, 3.05) is 5.32 Å². The van der Waals surface area contributed by atoms with Gasteiger partial charge in [-0.2, -0.15) is 5.26 Å². The lowest BCUT2D eigenvalue weighted by molar-refractivity contribution is -0.122. The lowest BCUT2D eigenvalue weighted by atomic mass is 9.84. The molecule has 1 atom stereocenters. The molecule has 0 aliphatic heterocycles. The summed E-state index contributed by atoms with van der Waals surface area (Å²) in [5, 5.41) is 11.9. The maximum atomic E-state index is 12.9. The van der Waals surface area contributed by atoms with Crippen LogP contribution in [0.5, 0.6) is 5.75 Å². The maximum absolute atomic E-state index is 12.9. The molecule has 0 saturated carbocycles. The van der Waals surface area contributed by atoms with Crippen molar-refractivity contribution >= 4 is 34.8 Å². The Morgan fingerprint density at radius 3 is 2.19 bits per heavy atom. The first kappa shape index (κ1) is 20.3. The van der Waals surface area contributed by atoms with Crippen molar-refractivity contribution in [3.05, 3.63) is 93.5 Å². The molecule has 1 amide bonds. The van der Waals surface area contributed by atoms with Gasteiger partial charge in [0, 0.05) is 22.3 Å². The van der Waals surface area contributed by atoms with Gasteiger partial charge in [-0.3, -0.25) is 14.4 Å². The number of carbonyl (C=O) groups is 3. The highest BCUT2D eigenvalue weighted by Gasteiger charge is 2.31. The van der Waals surface area contributed by atoms with Crippen molar-refractivity contribution in [3.63, 3.8) is 0 Å². The number of nitrogens with one attached hydrogen (secondary N) is 1. The molecule has 0 heterocycles. The van der Waals surface area contributed by atoms with Gasteiger partial charge in [-0.05, 0) is 31.2 Å². The summed E-state index contributed by atoms with van der Waals surface area (Å²) in [6.45, 7) is 1.53. The summed E-state index contributed by atoms with van der Waals surface area (Å²) in [6, 6.07) is 17.9. The monoisotopic (exact) mass is 430 g/mol. The van der Waals surface area contributed by atoms with Gasteiger partial charge in [-0.15, -0.1) is 0 Å². The number of hydrogen-bond acceptors (Lipinski definition) is 5. The molecule has 1 unspecified atom stereocenters. The Hall–Kier alpha value is -3.95. The molecule has 3 aromatic rings. The van der Waals surface area contributed by atoms with Crippen molar-refractivity contribution in [1.82, 2.24) is 0 Å². The lowest BCUT2D eigenvalue weighted by Gasteiger charge is -2.20. The first-order chi connectivity index (χ1) is 14.9. The zero-order chi connectivity index (χ0) is 22.1. The van der Waals surface area contributed by atoms with Crippen LogP contribution in [0.4, 0.5) is 5.69 Å². The number of nitrogens with zero attached hydrogens (tertiary/aromatic N) is 1. The fourth-order valence-electron chi connectivity index (χ4n) is 3.35. The van der Waals surface area contributed by atoms with Crippen LogP contribution in [0.3, 0.4) is 0 Å². The Bertz CT molecular complexity index is 1290. The third-order valence-corrected chi connectivity index (χ3v) is 5.26. The molecule has 7 heteroatoms. The van der Waals surface area contributed by atoms with E-state index in [0.29, 0.717) is 16.7 Å². The highest BCUT2D eigenvalue weighted by atomic mass is 35.5. The number of benzene rings is 3. The van der Waals surface area contributed by atoms with Gasteiger partial charge < -0.3 is 10.1 Å². The Balaban J connectivity index is 1.60. The fourth-order valence-corrected chi connectivity index (χ4v) is 3.57. The standard InChI is InChI=1S/C24H15ClN2O4/c1-13(31-21-9-5-2-6-14(21)12-26)24(30)27-20-11-18-17(10-19(20)25)22(28)15-7-3-4-8-16(15)23(18)29/h2-11,13H,1H3,(H,27,30). The van der Waals surface area contributed by atoms with Crippen LogP contribution in [0.2, 0.25) is 5.02 Å². The van der Waals surface area contributed by atoms with Gasteiger partial charge in [0.05, 0.1) is 16.3 Å². The van der Waals surface area contributed by atoms with E-state index in [2.05, 4.69) is 5.32 Å². The summed E-state index contributed by atoms with van der Waals surface area (Å²) < 4.78 is 5.61. The van der Waals surface area contributed by atoms with Crippen LogP contribution in [0.15, 0.2) is 60.7 Å². The topological polar surface area (TPSA) is 96.3 Å². The van der Waals surface area contributed by atoms with E-state index in [1.165, 1.54) is 19.1 Å². The third-order valence-electron chi connectivity index (χ3n) is 4.95. The molecule has 31 heavy (non-hydrogen) atoms. The largest absolute Gasteiger partial charge is 0.480 e. The summed E-state index contributed by atoms with van der Waals surface area (Å²) in [5.41, 5.74) is 1.49. The molecule has 0 radical (unpaired) electrons. The van der Waals surface area contributed by atoms with E-state index in [9.17, 15) is 14.4 Å². The van der Waals surface area contributed by atoms with Crippen LogP contribution in [0, 0.1) is 11.3 Å². The predicted octanol–water partition coefficient (Wildman–Crippen LogP) is 4.39. The number of halogens is 1. The second-order valence-corrected chi connectivity index (χ2v) is 7.35. The molecule has 152 valence electrons. The second kappa shape index (κ2) is 8.05. The summed E-state index contributed by atoms with van der Waals surface area (Å²) in [6.07, 6.45) is -0.945. The predicted molar refractivity (Wildman–Crippen MR) is 115 cm³/mol. The number of hydrogen-bond donors (Lipinski definition) is 1. The van der Waals surface area contributed by atoms with Gasteiger partial charge >= 0.3 is 0 Å². The first-order valence-corrected chi connectivity index (χ1v) is 9.77. The number of rotatable bonds is 4. The summed E-state index contributed by atoms with van der Waals surface area (Å²) >= 11 is 6.30. The van der Waals surface area contributed by atoms with Crippen LogP contribution < -0.4 is 10.1 Å². The number of ketones is 2. The maximum Gasteiger partial charge on any atom is 0.265 e. The molecule has 3 aromatic carbocycles. The minimum Gasteiger partial charge on any atom is -0.480 e. The van der Waals surface area contributed by atoms with E-state index in [-0.39, 0.29) is 39.2 Å². The highest BCUT2D eigenvalue weighted by molar-refractivity contribution is 6.36. The Kier molecular flexibility index (Phi) is 5.28. The number of amides is 1. The molecular formula is C24H15ClN2O4. The second-order valence-electron chi connectivity index (χ2n) is 6.94. The van der Waals surface area contributed by atoms with E-state index in [1.807, 2.05) is 6.07 Å². The van der Waals surface area contributed by atoms with E-state index >= 15 is 0 Å². The fraction of sp³-hybridized carbons (Fsp3) is 0.0833. The molecule has 0 bridgehead atoms. The Morgan fingerprint density at radius 2 is 1.55 bits per heavy atom. The number of para-hydroxylation sites is 1. The van der Waals surface area contributed by atoms with Gasteiger partial charge in [0.1, 0.15) is 11.8 Å². The average molecular weight is 431 g/mol. The molecule has 6 nitrogen and oxygen atoms in total. The molecule has 1 aliphatic rings. The lowest BCUT2D eigenvalue weighted by Crippen LogP contribution is -2.31. The smallest absolute Gasteiger partial charge is 0.265 e. The molecule has 4 rings (SSSR count). The van der Waals surface area contributed by atoms with Crippen molar-refractivity contribution in [2.24, 2.45) is 0 Å². The van der Waals surface area contributed by atoms with Gasteiger partial charge in [0.15, 0.2) is 17.7 Å². The zero-order valence-corrected chi connectivity index (χ0v) is 17.1. The number of carbonyl (C=O) groups excluding carboxylic acids is 3. The van der Waals surface area contributed by atoms with Gasteiger partial charge in [-0.25, -0.2) is 0 Å². The van der Waals surface area contributed by atoms with Crippen LogP contribution in [0.25, 0.3) is 0 Å². The highest BCUT2D eigenvalue weighted by Crippen LogP contribution is 2.33. The quantitative estimate of drug-likeness (QED) is 0.517.